The quantitative estimate of drug-likeness (QED) is 0.782. The fraction of sp³-hybridized carbons (Fsp3) is 0.375. The third-order valence-electron chi connectivity index (χ3n) is 3.13. The highest BCUT2D eigenvalue weighted by Crippen LogP contribution is 2.17. The van der Waals surface area contributed by atoms with E-state index in [0.717, 1.165) is 11.5 Å². The molecule has 1 aromatic heterocycles. The summed E-state index contributed by atoms with van der Waals surface area (Å²) in [7, 11) is 1.62. The van der Waals surface area contributed by atoms with Gasteiger partial charge < -0.3 is 24.3 Å². The lowest BCUT2D eigenvalue weighted by Crippen LogP contribution is -2.32. The Bertz CT molecular complexity index is 510. The van der Waals surface area contributed by atoms with Crippen LogP contribution >= 0.6 is 0 Å². The average molecular weight is 291 g/mol. The van der Waals surface area contributed by atoms with E-state index < -0.39 is 6.10 Å². The molecule has 0 bridgehead atoms. The van der Waals surface area contributed by atoms with Gasteiger partial charge in [0.25, 0.3) is 0 Å². The van der Waals surface area contributed by atoms with Crippen LogP contribution in [0.15, 0.2) is 47.1 Å². The summed E-state index contributed by atoms with van der Waals surface area (Å²) in [5.74, 6) is 2.32. The number of aliphatic hydroxyl groups is 1. The third kappa shape index (κ3) is 4.81. The first-order valence-electron chi connectivity index (χ1n) is 6.90. The van der Waals surface area contributed by atoms with E-state index in [2.05, 4.69) is 5.32 Å². The van der Waals surface area contributed by atoms with E-state index in [1.54, 1.807) is 13.4 Å². The molecule has 2 N–H and O–H groups in total. The van der Waals surface area contributed by atoms with Gasteiger partial charge in [0.1, 0.15) is 30.0 Å². The van der Waals surface area contributed by atoms with Crippen LogP contribution in [0.2, 0.25) is 0 Å². The number of benzene rings is 1. The maximum atomic E-state index is 9.91. The Morgan fingerprint density at radius 2 is 1.90 bits per heavy atom. The Kier molecular flexibility index (Phi) is 5.66. The lowest BCUT2D eigenvalue weighted by Gasteiger charge is -2.16. The van der Waals surface area contributed by atoms with Crippen molar-refractivity contribution >= 4 is 0 Å². The second kappa shape index (κ2) is 7.71. The van der Waals surface area contributed by atoms with Gasteiger partial charge in [0.15, 0.2) is 0 Å². The van der Waals surface area contributed by atoms with Crippen LogP contribution < -0.4 is 14.8 Å². The highest BCUT2D eigenvalue weighted by Gasteiger charge is 2.11. The molecule has 0 spiro atoms. The lowest BCUT2D eigenvalue weighted by atomic mass is 10.2. The number of aliphatic hydroxyl groups excluding tert-OH is 1. The third-order valence-corrected chi connectivity index (χ3v) is 3.13. The number of rotatable bonds is 8. The molecule has 2 atom stereocenters. The second-order valence-corrected chi connectivity index (χ2v) is 4.79. The van der Waals surface area contributed by atoms with Crippen LogP contribution in [0, 0.1) is 0 Å². The predicted molar refractivity (Wildman–Crippen MR) is 79.6 cm³/mol. The van der Waals surface area contributed by atoms with Gasteiger partial charge in [-0.15, -0.1) is 0 Å². The van der Waals surface area contributed by atoms with Crippen molar-refractivity contribution in [2.45, 2.75) is 19.1 Å². The zero-order valence-electron chi connectivity index (χ0n) is 12.3. The van der Waals surface area contributed by atoms with Crippen LogP contribution in [0.3, 0.4) is 0 Å². The Morgan fingerprint density at radius 1 is 1.19 bits per heavy atom. The first-order valence-corrected chi connectivity index (χ1v) is 6.90. The summed E-state index contributed by atoms with van der Waals surface area (Å²) < 4.78 is 15.9. The van der Waals surface area contributed by atoms with E-state index in [-0.39, 0.29) is 12.6 Å². The fourth-order valence-electron chi connectivity index (χ4n) is 1.87. The second-order valence-electron chi connectivity index (χ2n) is 4.79. The number of nitrogens with one attached hydrogen (secondary N) is 1. The topological polar surface area (TPSA) is 63.9 Å². The lowest BCUT2D eigenvalue weighted by molar-refractivity contribution is 0.103. The van der Waals surface area contributed by atoms with Gasteiger partial charge in [0.05, 0.1) is 19.4 Å². The molecular formula is C16H21NO4. The number of ether oxygens (including phenoxy) is 2. The summed E-state index contributed by atoms with van der Waals surface area (Å²) in [6.07, 6.45) is 1.04. The van der Waals surface area contributed by atoms with Crippen LogP contribution in [0.1, 0.15) is 18.7 Å². The highest BCUT2D eigenvalue weighted by molar-refractivity contribution is 5.31. The zero-order chi connectivity index (χ0) is 15.1. The largest absolute Gasteiger partial charge is 0.497 e. The molecule has 0 aliphatic heterocycles. The molecule has 114 valence electrons. The fourth-order valence-corrected chi connectivity index (χ4v) is 1.87. The van der Waals surface area contributed by atoms with Crippen molar-refractivity contribution in [3.8, 4) is 11.5 Å². The minimum atomic E-state index is -0.593. The number of furan rings is 1. The first-order chi connectivity index (χ1) is 10.2. The monoisotopic (exact) mass is 291 g/mol. The van der Waals surface area contributed by atoms with Crippen molar-refractivity contribution in [3.05, 3.63) is 48.4 Å². The minimum absolute atomic E-state index is 0.0515. The number of hydrogen-bond donors (Lipinski definition) is 2. The average Bonchev–Trinajstić information content (AvgIpc) is 3.05. The van der Waals surface area contributed by atoms with Gasteiger partial charge in [0.2, 0.25) is 0 Å². The molecule has 5 heteroatoms. The number of methoxy groups -OCH3 is 1. The van der Waals surface area contributed by atoms with Gasteiger partial charge in [0, 0.05) is 6.54 Å². The molecule has 0 aliphatic rings. The molecule has 1 heterocycles. The number of hydrogen-bond acceptors (Lipinski definition) is 5. The highest BCUT2D eigenvalue weighted by atomic mass is 16.5. The summed E-state index contributed by atoms with van der Waals surface area (Å²) in [6, 6.07) is 11.1. The van der Waals surface area contributed by atoms with Crippen molar-refractivity contribution in [3.63, 3.8) is 0 Å². The molecular weight excluding hydrogens is 270 g/mol. The summed E-state index contributed by atoms with van der Waals surface area (Å²) in [6.45, 7) is 2.64. The van der Waals surface area contributed by atoms with Crippen LogP contribution in [0.25, 0.3) is 0 Å². The Hall–Kier alpha value is -1.98. The van der Waals surface area contributed by atoms with Crippen LogP contribution in [-0.4, -0.2) is 31.5 Å². The summed E-state index contributed by atoms with van der Waals surface area (Å²) >= 11 is 0. The van der Waals surface area contributed by atoms with Gasteiger partial charge in [-0.1, -0.05) is 0 Å². The van der Waals surface area contributed by atoms with E-state index in [4.69, 9.17) is 13.9 Å². The van der Waals surface area contributed by atoms with Crippen molar-refractivity contribution in [2.75, 3.05) is 20.3 Å². The maximum absolute atomic E-state index is 9.91. The van der Waals surface area contributed by atoms with E-state index >= 15 is 0 Å². The van der Waals surface area contributed by atoms with E-state index in [1.807, 2.05) is 43.3 Å². The van der Waals surface area contributed by atoms with Crippen LogP contribution in [-0.2, 0) is 0 Å². The Labute approximate surface area is 124 Å². The normalized spacial score (nSPS) is 13.7. The molecule has 0 aliphatic carbocycles. The molecule has 1 unspecified atom stereocenters. The van der Waals surface area contributed by atoms with Gasteiger partial charge >= 0.3 is 0 Å². The molecule has 0 radical (unpaired) electrons. The molecule has 0 saturated carbocycles. The van der Waals surface area contributed by atoms with Crippen molar-refractivity contribution in [1.82, 2.24) is 5.32 Å². The molecule has 0 fully saturated rings. The van der Waals surface area contributed by atoms with E-state index in [1.165, 1.54) is 0 Å². The van der Waals surface area contributed by atoms with Crippen molar-refractivity contribution in [1.29, 1.82) is 0 Å². The van der Waals surface area contributed by atoms with Crippen molar-refractivity contribution < 1.29 is 19.0 Å². The molecule has 5 nitrogen and oxygen atoms in total. The van der Waals surface area contributed by atoms with Crippen LogP contribution in [0.5, 0.6) is 11.5 Å². The summed E-state index contributed by atoms with van der Waals surface area (Å²) in [4.78, 5) is 0. The van der Waals surface area contributed by atoms with Crippen LogP contribution in [0.4, 0.5) is 0 Å². The van der Waals surface area contributed by atoms with E-state index in [9.17, 15) is 5.11 Å². The summed E-state index contributed by atoms with van der Waals surface area (Å²) in [5, 5.41) is 13.1. The molecule has 21 heavy (non-hydrogen) atoms. The molecule has 2 rings (SSSR count). The standard InChI is InChI=1S/C16H21NO4/c1-12(16-4-3-9-20-16)17-10-13(18)11-21-15-7-5-14(19-2)6-8-15/h3-9,12-13,17-18H,10-11H2,1-2H3/t12-,13?/m1/s1. The smallest absolute Gasteiger partial charge is 0.120 e. The molecule has 2 aromatic rings. The van der Waals surface area contributed by atoms with Gasteiger partial charge in [-0.2, -0.15) is 0 Å². The Morgan fingerprint density at radius 3 is 2.52 bits per heavy atom. The minimum Gasteiger partial charge on any atom is -0.497 e. The zero-order valence-corrected chi connectivity index (χ0v) is 12.3. The SMILES string of the molecule is COc1ccc(OCC(O)CN[C@H](C)c2ccco2)cc1. The molecule has 1 aromatic carbocycles. The molecule has 0 saturated heterocycles. The van der Waals surface area contributed by atoms with Gasteiger partial charge in [-0.05, 0) is 43.3 Å². The van der Waals surface area contributed by atoms with Crippen molar-refractivity contribution in [2.24, 2.45) is 0 Å². The Balaban J connectivity index is 1.70. The maximum Gasteiger partial charge on any atom is 0.120 e. The molecule has 0 amide bonds. The predicted octanol–water partition coefficient (Wildman–Crippen LogP) is 2.38. The van der Waals surface area contributed by atoms with Gasteiger partial charge in [-0.3, -0.25) is 0 Å². The van der Waals surface area contributed by atoms with Gasteiger partial charge in [-0.25, -0.2) is 0 Å². The first kappa shape index (κ1) is 15.4. The summed E-state index contributed by atoms with van der Waals surface area (Å²) in [5.41, 5.74) is 0. The van der Waals surface area contributed by atoms with E-state index in [0.29, 0.717) is 12.3 Å².